The SMILES string of the molecule is Cc1nnc(-c2c(C)[nH]c(C)c2S(=O)(=O)NCC2CCCO2)o1. The standard InChI is InChI=1S/C14H20N4O4S/c1-8-12(14-18-17-10(3)22-14)13(9(2)16-8)23(19,20)15-7-11-5-4-6-21-11/h11,15-16H,4-7H2,1-3H3. The summed E-state index contributed by atoms with van der Waals surface area (Å²) in [5.41, 5.74) is 1.62. The molecule has 0 bridgehead atoms. The molecule has 0 aromatic carbocycles. The molecule has 1 saturated heterocycles. The van der Waals surface area contributed by atoms with Crippen LogP contribution in [-0.4, -0.2) is 42.9 Å². The van der Waals surface area contributed by atoms with E-state index < -0.39 is 10.0 Å². The Hall–Kier alpha value is -1.71. The molecule has 1 aliphatic heterocycles. The van der Waals surface area contributed by atoms with Gasteiger partial charge in [-0.3, -0.25) is 0 Å². The molecule has 1 fully saturated rings. The smallest absolute Gasteiger partial charge is 0.250 e. The first-order valence-corrected chi connectivity index (χ1v) is 8.97. The fourth-order valence-electron chi connectivity index (χ4n) is 2.83. The first-order valence-electron chi connectivity index (χ1n) is 7.49. The lowest BCUT2D eigenvalue weighted by molar-refractivity contribution is 0.114. The van der Waals surface area contributed by atoms with E-state index in [9.17, 15) is 8.42 Å². The number of aryl methyl sites for hydroxylation is 3. The first-order chi connectivity index (χ1) is 10.9. The predicted octanol–water partition coefficient (Wildman–Crippen LogP) is 1.45. The summed E-state index contributed by atoms with van der Waals surface area (Å²) < 4.78 is 39.0. The van der Waals surface area contributed by atoms with E-state index in [1.165, 1.54) is 0 Å². The Bertz CT molecular complexity index is 803. The van der Waals surface area contributed by atoms with Crippen LogP contribution in [0.3, 0.4) is 0 Å². The molecule has 0 radical (unpaired) electrons. The molecule has 0 amide bonds. The summed E-state index contributed by atoms with van der Waals surface area (Å²) in [6, 6.07) is 0. The van der Waals surface area contributed by atoms with E-state index in [0.717, 1.165) is 12.8 Å². The van der Waals surface area contributed by atoms with E-state index in [0.29, 0.717) is 29.4 Å². The molecule has 0 saturated carbocycles. The summed E-state index contributed by atoms with van der Waals surface area (Å²) in [5, 5.41) is 7.73. The largest absolute Gasteiger partial charge is 0.421 e. The molecule has 1 aliphatic rings. The number of nitrogens with zero attached hydrogens (tertiary/aromatic N) is 2. The van der Waals surface area contributed by atoms with Crippen LogP contribution in [0.25, 0.3) is 11.5 Å². The summed E-state index contributed by atoms with van der Waals surface area (Å²) in [5.74, 6) is 0.579. The van der Waals surface area contributed by atoms with Crippen molar-refractivity contribution in [3.8, 4) is 11.5 Å². The van der Waals surface area contributed by atoms with E-state index in [-0.39, 0.29) is 23.4 Å². The van der Waals surface area contributed by atoms with Gasteiger partial charge in [0.05, 0.1) is 11.7 Å². The van der Waals surface area contributed by atoms with Crippen LogP contribution in [0.5, 0.6) is 0 Å². The van der Waals surface area contributed by atoms with Crippen LogP contribution < -0.4 is 4.72 Å². The Balaban J connectivity index is 1.94. The van der Waals surface area contributed by atoms with E-state index in [4.69, 9.17) is 9.15 Å². The van der Waals surface area contributed by atoms with Gasteiger partial charge in [0.15, 0.2) is 0 Å². The molecule has 2 N–H and O–H groups in total. The number of aromatic nitrogens is 3. The van der Waals surface area contributed by atoms with Crippen molar-refractivity contribution in [1.29, 1.82) is 0 Å². The molecule has 126 valence electrons. The minimum Gasteiger partial charge on any atom is -0.421 e. The third kappa shape index (κ3) is 3.17. The van der Waals surface area contributed by atoms with Crippen LogP contribution in [0.1, 0.15) is 30.1 Å². The highest BCUT2D eigenvalue weighted by molar-refractivity contribution is 7.89. The van der Waals surface area contributed by atoms with Crippen LogP contribution in [0, 0.1) is 20.8 Å². The highest BCUT2D eigenvalue weighted by Gasteiger charge is 2.29. The van der Waals surface area contributed by atoms with Crippen molar-refractivity contribution in [3.05, 3.63) is 17.3 Å². The lowest BCUT2D eigenvalue weighted by Gasteiger charge is -2.12. The number of aromatic amines is 1. The average molecular weight is 340 g/mol. The van der Waals surface area contributed by atoms with Crippen molar-refractivity contribution in [3.63, 3.8) is 0 Å². The van der Waals surface area contributed by atoms with Crippen LogP contribution in [0.4, 0.5) is 0 Å². The monoisotopic (exact) mass is 340 g/mol. The van der Waals surface area contributed by atoms with Gasteiger partial charge in [-0.05, 0) is 26.7 Å². The number of sulfonamides is 1. The van der Waals surface area contributed by atoms with Gasteiger partial charge in [-0.15, -0.1) is 10.2 Å². The van der Waals surface area contributed by atoms with Gasteiger partial charge in [0.1, 0.15) is 4.90 Å². The van der Waals surface area contributed by atoms with Gasteiger partial charge in [-0.25, -0.2) is 13.1 Å². The molecule has 0 aliphatic carbocycles. The molecule has 2 aromatic heterocycles. The zero-order valence-corrected chi connectivity index (χ0v) is 14.2. The molecule has 2 aromatic rings. The Morgan fingerprint density at radius 2 is 2.04 bits per heavy atom. The fraction of sp³-hybridized carbons (Fsp3) is 0.571. The first kappa shape index (κ1) is 16.2. The van der Waals surface area contributed by atoms with Gasteiger partial charge >= 0.3 is 0 Å². The van der Waals surface area contributed by atoms with Crippen molar-refractivity contribution in [1.82, 2.24) is 19.9 Å². The topological polar surface area (TPSA) is 110 Å². The Labute approximate surface area is 134 Å². The van der Waals surface area contributed by atoms with Crippen molar-refractivity contribution in [2.24, 2.45) is 0 Å². The molecular weight excluding hydrogens is 320 g/mol. The van der Waals surface area contributed by atoms with E-state index in [1.807, 2.05) is 0 Å². The third-order valence-corrected chi connectivity index (χ3v) is 5.45. The molecule has 23 heavy (non-hydrogen) atoms. The number of hydrogen-bond donors (Lipinski definition) is 2. The third-order valence-electron chi connectivity index (χ3n) is 3.85. The molecule has 0 spiro atoms. The Kier molecular flexibility index (Phi) is 4.26. The lowest BCUT2D eigenvalue weighted by atomic mass is 10.2. The number of hydrogen-bond acceptors (Lipinski definition) is 6. The maximum absolute atomic E-state index is 12.7. The van der Waals surface area contributed by atoms with Crippen LogP contribution in [0.15, 0.2) is 9.31 Å². The number of rotatable bonds is 5. The van der Waals surface area contributed by atoms with Crippen molar-refractivity contribution in [2.75, 3.05) is 13.2 Å². The highest BCUT2D eigenvalue weighted by atomic mass is 32.2. The maximum atomic E-state index is 12.7. The minimum absolute atomic E-state index is 0.0702. The van der Waals surface area contributed by atoms with Gasteiger partial charge in [-0.2, -0.15) is 0 Å². The predicted molar refractivity (Wildman–Crippen MR) is 82.5 cm³/mol. The van der Waals surface area contributed by atoms with Gasteiger partial charge in [0.25, 0.3) is 5.89 Å². The van der Waals surface area contributed by atoms with Crippen LogP contribution >= 0.6 is 0 Å². The minimum atomic E-state index is -3.72. The number of H-pyrrole nitrogens is 1. The van der Waals surface area contributed by atoms with Crippen molar-refractivity contribution in [2.45, 2.75) is 44.6 Å². The molecular formula is C14H20N4O4S. The molecule has 1 atom stereocenters. The molecule has 3 heterocycles. The molecule has 3 rings (SSSR count). The normalized spacial score (nSPS) is 18.7. The zero-order valence-electron chi connectivity index (χ0n) is 13.3. The average Bonchev–Trinajstić information content (AvgIpc) is 3.17. The quantitative estimate of drug-likeness (QED) is 0.852. The van der Waals surface area contributed by atoms with Crippen molar-refractivity contribution >= 4 is 10.0 Å². The Morgan fingerprint density at radius 1 is 1.26 bits per heavy atom. The van der Waals surface area contributed by atoms with Crippen molar-refractivity contribution < 1.29 is 17.6 Å². The second-order valence-corrected chi connectivity index (χ2v) is 7.40. The second-order valence-electron chi connectivity index (χ2n) is 5.69. The molecule has 9 heteroatoms. The zero-order chi connectivity index (χ0) is 16.6. The van der Waals surface area contributed by atoms with Gasteiger partial charge in [0, 0.05) is 31.5 Å². The highest BCUT2D eigenvalue weighted by Crippen LogP contribution is 2.32. The van der Waals surface area contributed by atoms with E-state index >= 15 is 0 Å². The van der Waals surface area contributed by atoms with E-state index in [2.05, 4.69) is 19.9 Å². The number of nitrogens with one attached hydrogen (secondary N) is 2. The lowest BCUT2D eigenvalue weighted by Crippen LogP contribution is -2.32. The summed E-state index contributed by atoms with van der Waals surface area (Å²) in [6.45, 7) is 6.09. The number of ether oxygens (including phenoxy) is 1. The van der Waals surface area contributed by atoms with E-state index in [1.54, 1.807) is 20.8 Å². The maximum Gasteiger partial charge on any atom is 0.250 e. The van der Waals surface area contributed by atoms with Gasteiger partial charge in [0.2, 0.25) is 15.9 Å². The van der Waals surface area contributed by atoms with Crippen LogP contribution in [-0.2, 0) is 14.8 Å². The summed E-state index contributed by atoms with van der Waals surface area (Å²) in [4.78, 5) is 3.19. The summed E-state index contributed by atoms with van der Waals surface area (Å²) in [7, 11) is -3.72. The van der Waals surface area contributed by atoms with Crippen LogP contribution in [0.2, 0.25) is 0 Å². The summed E-state index contributed by atoms with van der Waals surface area (Å²) >= 11 is 0. The summed E-state index contributed by atoms with van der Waals surface area (Å²) in [6.07, 6.45) is 1.75. The molecule has 1 unspecified atom stereocenters. The van der Waals surface area contributed by atoms with Gasteiger partial charge in [-0.1, -0.05) is 0 Å². The second kappa shape index (κ2) is 6.06. The van der Waals surface area contributed by atoms with Gasteiger partial charge < -0.3 is 14.1 Å². The molecule has 8 nitrogen and oxygen atoms in total. The fourth-order valence-corrected chi connectivity index (χ4v) is 4.34. The Morgan fingerprint density at radius 3 is 2.65 bits per heavy atom.